The zero-order valence-corrected chi connectivity index (χ0v) is 12.7. The van der Waals surface area contributed by atoms with Crippen molar-refractivity contribution in [2.75, 3.05) is 6.61 Å². The number of hydrogen-bond donors (Lipinski definition) is 1. The molecule has 1 atom stereocenters. The van der Waals surface area contributed by atoms with E-state index in [-0.39, 0.29) is 6.10 Å². The summed E-state index contributed by atoms with van der Waals surface area (Å²) < 4.78 is 6.97. The second kappa shape index (κ2) is 6.07. The SMILES string of the molecule is Cc1cc(Br)c(OCC2CCC2)c(CC(C)O)c1. The first-order chi connectivity index (χ1) is 8.56. The molecule has 2 rings (SSSR count). The number of aliphatic hydroxyl groups excluding tert-OH is 1. The first kappa shape index (κ1) is 13.9. The van der Waals surface area contributed by atoms with Gasteiger partial charge in [-0.3, -0.25) is 0 Å². The molecule has 1 aliphatic carbocycles. The van der Waals surface area contributed by atoms with Crippen LogP contribution in [0.2, 0.25) is 0 Å². The maximum Gasteiger partial charge on any atom is 0.136 e. The van der Waals surface area contributed by atoms with Gasteiger partial charge < -0.3 is 9.84 Å². The predicted molar refractivity (Wildman–Crippen MR) is 77.1 cm³/mol. The number of halogens is 1. The Morgan fingerprint density at radius 1 is 1.44 bits per heavy atom. The molecule has 0 saturated heterocycles. The minimum atomic E-state index is -0.343. The van der Waals surface area contributed by atoms with E-state index < -0.39 is 0 Å². The molecule has 18 heavy (non-hydrogen) atoms. The maximum absolute atomic E-state index is 9.58. The highest BCUT2D eigenvalue weighted by molar-refractivity contribution is 9.10. The highest BCUT2D eigenvalue weighted by Gasteiger charge is 2.19. The normalized spacial score (nSPS) is 17.3. The van der Waals surface area contributed by atoms with Crippen molar-refractivity contribution >= 4 is 15.9 Å². The monoisotopic (exact) mass is 312 g/mol. The van der Waals surface area contributed by atoms with E-state index in [1.54, 1.807) is 0 Å². The average molecular weight is 313 g/mol. The molecule has 0 amide bonds. The van der Waals surface area contributed by atoms with Crippen LogP contribution in [0.4, 0.5) is 0 Å². The number of aliphatic hydroxyl groups is 1. The van der Waals surface area contributed by atoms with Crippen molar-refractivity contribution in [1.82, 2.24) is 0 Å². The van der Waals surface area contributed by atoms with E-state index in [1.165, 1.54) is 24.8 Å². The predicted octanol–water partition coefficient (Wildman–Crippen LogP) is 3.86. The summed E-state index contributed by atoms with van der Waals surface area (Å²) >= 11 is 3.57. The van der Waals surface area contributed by atoms with Crippen molar-refractivity contribution < 1.29 is 9.84 Å². The van der Waals surface area contributed by atoms with Gasteiger partial charge in [-0.25, -0.2) is 0 Å². The standard InChI is InChI=1S/C15H21BrO2/c1-10-6-13(8-11(2)17)15(14(16)7-10)18-9-12-4-3-5-12/h6-7,11-12,17H,3-5,8-9H2,1-2H3. The molecule has 1 aromatic carbocycles. The van der Waals surface area contributed by atoms with Gasteiger partial charge in [0.25, 0.3) is 0 Å². The number of ether oxygens (including phenoxy) is 1. The van der Waals surface area contributed by atoms with Crippen molar-refractivity contribution in [3.05, 3.63) is 27.7 Å². The van der Waals surface area contributed by atoms with Gasteiger partial charge in [-0.15, -0.1) is 0 Å². The maximum atomic E-state index is 9.58. The Bertz CT molecular complexity index is 411. The third-order valence-corrected chi connectivity index (χ3v) is 4.06. The summed E-state index contributed by atoms with van der Waals surface area (Å²) in [5, 5.41) is 9.58. The van der Waals surface area contributed by atoms with Crippen LogP contribution in [-0.2, 0) is 6.42 Å². The Labute approximate surface area is 117 Å². The van der Waals surface area contributed by atoms with Crippen molar-refractivity contribution in [3.8, 4) is 5.75 Å². The van der Waals surface area contributed by atoms with Gasteiger partial charge in [-0.1, -0.05) is 12.5 Å². The first-order valence-electron chi connectivity index (χ1n) is 6.66. The van der Waals surface area contributed by atoms with Gasteiger partial charge in [0.2, 0.25) is 0 Å². The summed E-state index contributed by atoms with van der Waals surface area (Å²) in [5.41, 5.74) is 2.28. The number of benzene rings is 1. The molecule has 0 aliphatic heterocycles. The molecular weight excluding hydrogens is 292 g/mol. The van der Waals surface area contributed by atoms with E-state index in [2.05, 4.69) is 35.0 Å². The number of rotatable bonds is 5. The lowest BCUT2D eigenvalue weighted by atomic mass is 9.86. The lowest BCUT2D eigenvalue weighted by Gasteiger charge is -2.26. The minimum absolute atomic E-state index is 0.343. The second-order valence-electron chi connectivity index (χ2n) is 5.40. The highest BCUT2D eigenvalue weighted by Crippen LogP contribution is 2.34. The topological polar surface area (TPSA) is 29.5 Å². The van der Waals surface area contributed by atoms with Gasteiger partial charge in [0, 0.05) is 6.42 Å². The van der Waals surface area contributed by atoms with E-state index in [0.717, 1.165) is 28.3 Å². The molecule has 1 fully saturated rings. The molecular formula is C15H21BrO2. The van der Waals surface area contributed by atoms with Crippen LogP contribution < -0.4 is 4.74 Å². The summed E-state index contributed by atoms with van der Waals surface area (Å²) in [6, 6.07) is 4.18. The third kappa shape index (κ3) is 3.48. The Morgan fingerprint density at radius 3 is 2.72 bits per heavy atom. The largest absolute Gasteiger partial charge is 0.492 e. The summed E-state index contributed by atoms with van der Waals surface area (Å²) in [4.78, 5) is 0. The van der Waals surface area contributed by atoms with Crippen LogP contribution >= 0.6 is 15.9 Å². The van der Waals surface area contributed by atoms with Crippen LogP contribution in [0.1, 0.15) is 37.3 Å². The first-order valence-corrected chi connectivity index (χ1v) is 7.45. The van der Waals surface area contributed by atoms with Crippen LogP contribution in [0.5, 0.6) is 5.75 Å². The van der Waals surface area contributed by atoms with Gasteiger partial charge >= 0.3 is 0 Å². The zero-order chi connectivity index (χ0) is 13.1. The highest BCUT2D eigenvalue weighted by atomic mass is 79.9. The quantitative estimate of drug-likeness (QED) is 0.894. The van der Waals surface area contributed by atoms with Crippen LogP contribution in [0.15, 0.2) is 16.6 Å². The van der Waals surface area contributed by atoms with Crippen LogP contribution in [0, 0.1) is 12.8 Å². The molecule has 1 saturated carbocycles. The molecule has 1 N–H and O–H groups in total. The molecule has 1 aliphatic rings. The fourth-order valence-corrected chi connectivity index (χ4v) is 3.02. The third-order valence-electron chi connectivity index (χ3n) is 3.47. The molecule has 0 heterocycles. The van der Waals surface area contributed by atoms with Gasteiger partial charge in [-0.2, -0.15) is 0 Å². The van der Waals surface area contributed by atoms with E-state index >= 15 is 0 Å². The van der Waals surface area contributed by atoms with Crippen molar-refractivity contribution in [1.29, 1.82) is 0 Å². The van der Waals surface area contributed by atoms with E-state index in [4.69, 9.17) is 4.74 Å². The molecule has 2 nitrogen and oxygen atoms in total. The Balaban J connectivity index is 2.13. The zero-order valence-electron chi connectivity index (χ0n) is 11.1. The molecule has 1 aromatic rings. The fraction of sp³-hybridized carbons (Fsp3) is 0.600. The molecule has 0 spiro atoms. The van der Waals surface area contributed by atoms with E-state index in [1.807, 2.05) is 6.92 Å². The lowest BCUT2D eigenvalue weighted by molar-refractivity contribution is 0.172. The molecule has 0 radical (unpaired) electrons. The Kier molecular flexibility index (Phi) is 4.68. The van der Waals surface area contributed by atoms with Gasteiger partial charge in [0.15, 0.2) is 0 Å². The molecule has 0 bridgehead atoms. The summed E-state index contributed by atoms with van der Waals surface area (Å²) in [5.74, 6) is 1.63. The van der Waals surface area contributed by atoms with E-state index in [0.29, 0.717) is 6.42 Å². The Hall–Kier alpha value is -0.540. The molecule has 0 aromatic heterocycles. The summed E-state index contributed by atoms with van der Waals surface area (Å²) in [6.07, 6.45) is 4.21. The average Bonchev–Trinajstić information content (AvgIpc) is 2.18. The molecule has 100 valence electrons. The minimum Gasteiger partial charge on any atom is -0.492 e. The van der Waals surface area contributed by atoms with Gasteiger partial charge in [0.05, 0.1) is 17.2 Å². The molecule has 3 heteroatoms. The molecule has 1 unspecified atom stereocenters. The second-order valence-corrected chi connectivity index (χ2v) is 6.25. The van der Waals surface area contributed by atoms with Crippen LogP contribution in [0.25, 0.3) is 0 Å². The van der Waals surface area contributed by atoms with Crippen LogP contribution in [0.3, 0.4) is 0 Å². The fourth-order valence-electron chi connectivity index (χ4n) is 2.29. The summed E-state index contributed by atoms with van der Waals surface area (Å²) in [7, 11) is 0. The lowest BCUT2D eigenvalue weighted by Crippen LogP contribution is -2.20. The van der Waals surface area contributed by atoms with Crippen molar-refractivity contribution in [3.63, 3.8) is 0 Å². The van der Waals surface area contributed by atoms with E-state index in [9.17, 15) is 5.11 Å². The van der Waals surface area contributed by atoms with Crippen molar-refractivity contribution in [2.24, 2.45) is 5.92 Å². The van der Waals surface area contributed by atoms with Gasteiger partial charge in [-0.05, 0) is 65.7 Å². The van der Waals surface area contributed by atoms with Crippen molar-refractivity contribution in [2.45, 2.75) is 45.6 Å². The smallest absolute Gasteiger partial charge is 0.136 e. The Morgan fingerprint density at radius 2 is 2.17 bits per heavy atom. The number of aryl methyl sites for hydroxylation is 1. The van der Waals surface area contributed by atoms with Gasteiger partial charge in [0.1, 0.15) is 5.75 Å². The summed E-state index contributed by atoms with van der Waals surface area (Å²) in [6.45, 7) is 4.67. The van der Waals surface area contributed by atoms with Crippen LogP contribution in [-0.4, -0.2) is 17.8 Å². The number of hydrogen-bond acceptors (Lipinski definition) is 2.